The zero-order valence-electron chi connectivity index (χ0n) is 12.6. The monoisotopic (exact) mass is 376 g/mol. The average molecular weight is 377 g/mol. The molecule has 3 aromatic heterocycles. The lowest BCUT2D eigenvalue weighted by Gasteiger charge is -2.06. The SMILES string of the molecule is O=C(CSc1ncnc2sc3c(c12)CCC3)Nc1cccnc1Cl. The number of nitrogens with zero attached hydrogens (tertiary/aromatic N) is 3. The molecule has 0 aromatic carbocycles. The summed E-state index contributed by atoms with van der Waals surface area (Å²) in [5, 5.41) is 5.08. The fourth-order valence-corrected chi connectivity index (χ4v) is 5.09. The Balaban J connectivity index is 1.51. The molecule has 1 N–H and O–H groups in total. The van der Waals surface area contributed by atoms with Crippen LogP contribution in [0.3, 0.4) is 0 Å². The number of amides is 1. The van der Waals surface area contributed by atoms with Crippen LogP contribution in [0.1, 0.15) is 16.9 Å². The molecule has 3 heterocycles. The molecule has 1 aliphatic carbocycles. The summed E-state index contributed by atoms with van der Waals surface area (Å²) < 4.78 is 0. The van der Waals surface area contributed by atoms with Crippen LogP contribution in [0.15, 0.2) is 29.7 Å². The van der Waals surface area contributed by atoms with E-state index in [0.29, 0.717) is 5.69 Å². The highest BCUT2D eigenvalue weighted by atomic mass is 35.5. The molecule has 0 aliphatic heterocycles. The van der Waals surface area contributed by atoms with Crippen LogP contribution in [0.5, 0.6) is 0 Å². The number of pyridine rings is 1. The van der Waals surface area contributed by atoms with E-state index in [4.69, 9.17) is 11.6 Å². The standard InChI is InChI=1S/C16H13ClN4OS2/c17-14-10(4-2-6-18-14)21-12(22)7-23-15-13-9-3-1-5-11(9)24-16(13)20-8-19-15/h2,4,6,8H,1,3,5,7H2,(H,21,22). The molecule has 24 heavy (non-hydrogen) atoms. The van der Waals surface area contributed by atoms with Crippen LogP contribution < -0.4 is 5.32 Å². The van der Waals surface area contributed by atoms with Gasteiger partial charge in [-0.25, -0.2) is 15.0 Å². The van der Waals surface area contributed by atoms with Crippen molar-refractivity contribution in [3.05, 3.63) is 40.3 Å². The van der Waals surface area contributed by atoms with E-state index in [1.165, 1.54) is 28.6 Å². The minimum atomic E-state index is -0.131. The Morgan fingerprint density at radius 1 is 1.33 bits per heavy atom. The molecule has 0 saturated carbocycles. The van der Waals surface area contributed by atoms with Crippen molar-refractivity contribution in [2.24, 2.45) is 0 Å². The third-order valence-electron chi connectivity index (χ3n) is 3.84. The number of halogens is 1. The van der Waals surface area contributed by atoms with Crippen molar-refractivity contribution in [3.63, 3.8) is 0 Å². The van der Waals surface area contributed by atoms with E-state index in [0.717, 1.165) is 28.1 Å². The summed E-state index contributed by atoms with van der Waals surface area (Å²) in [4.78, 5) is 27.3. The Morgan fingerprint density at radius 3 is 3.12 bits per heavy atom. The summed E-state index contributed by atoms with van der Waals surface area (Å²) in [6.45, 7) is 0. The van der Waals surface area contributed by atoms with Crippen molar-refractivity contribution in [1.82, 2.24) is 15.0 Å². The van der Waals surface area contributed by atoms with Gasteiger partial charge in [-0.1, -0.05) is 23.4 Å². The topological polar surface area (TPSA) is 67.8 Å². The Kier molecular flexibility index (Phi) is 4.39. The maximum atomic E-state index is 12.2. The zero-order valence-corrected chi connectivity index (χ0v) is 15.0. The van der Waals surface area contributed by atoms with Gasteiger partial charge in [-0.3, -0.25) is 4.79 Å². The number of carbonyl (C=O) groups is 1. The Labute approximate surface area is 151 Å². The molecule has 1 amide bonds. The first kappa shape index (κ1) is 15.8. The third kappa shape index (κ3) is 2.99. The molecular weight excluding hydrogens is 364 g/mol. The predicted molar refractivity (Wildman–Crippen MR) is 98.0 cm³/mol. The third-order valence-corrected chi connectivity index (χ3v) is 6.33. The summed E-state index contributed by atoms with van der Waals surface area (Å²) in [6, 6.07) is 3.46. The molecule has 0 saturated heterocycles. The number of hydrogen-bond donors (Lipinski definition) is 1. The highest BCUT2D eigenvalue weighted by Crippen LogP contribution is 2.39. The van der Waals surface area contributed by atoms with E-state index >= 15 is 0 Å². The smallest absolute Gasteiger partial charge is 0.234 e. The van der Waals surface area contributed by atoms with Gasteiger partial charge in [0.1, 0.15) is 16.2 Å². The van der Waals surface area contributed by atoms with Crippen molar-refractivity contribution in [1.29, 1.82) is 0 Å². The number of thiophene rings is 1. The van der Waals surface area contributed by atoms with Gasteiger partial charge in [0.05, 0.1) is 11.4 Å². The molecule has 0 fully saturated rings. The summed E-state index contributed by atoms with van der Waals surface area (Å²) >= 11 is 9.14. The lowest BCUT2D eigenvalue weighted by Crippen LogP contribution is -2.14. The van der Waals surface area contributed by atoms with Crippen LogP contribution in [0.25, 0.3) is 10.2 Å². The lowest BCUT2D eigenvalue weighted by atomic mass is 10.2. The van der Waals surface area contributed by atoms with Gasteiger partial charge in [-0.05, 0) is 37.0 Å². The zero-order chi connectivity index (χ0) is 16.5. The first-order valence-corrected chi connectivity index (χ1v) is 9.69. The molecule has 122 valence electrons. The molecular formula is C16H13ClN4OS2. The van der Waals surface area contributed by atoms with Crippen LogP contribution in [0.4, 0.5) is 5.69 Å². The van der Waals surface area contributed by atoms with Gasteiger partial charge in [-0.2, -0.15) is 0 Å². The summed E-state index contributed by atoms with van der Waals surface area (Å²) in [6.07, 6.45) is 6.55. The van der Waals surface area contributed by atoms with E-state index in [-0.39, 0.29) is 16.8 Å². The fourth-order valence-electron chi connectivity index (χ4n) is 2.81. The van der Waals surface area contributed by atoms with Crippen molar-refractivity contribution in [2.45, 2.75) is 24.3 Å². The Hall–Kier alpha value is -1.70. The van der Waals surface area contributed by atoms with Gasteiger partial charge in [0.25, 0.3) is 0 Å². The molecule has 0 bridgehead atoms. The quantitative estimate of drug-likeness (QED) is 0.424. The molecule has 3 aromatic rings. The second-order valence-electron chi connectivity index (χ2n) is 5.39. The van der Waals surface area contributed by atoms with E-state index in [1.54, 1.807) is 36.0 Å². The van der Waals surface area contributed by atoms with Crippen LogP contribution in [-0.2, 0) is 17.6 Å². The highest BCUT2D eigenvalue weighted by molar-refractivity contribution is 8.00. The van der Waals surface area contributed by atoms with Crippen molar-refractivity contribution < 1.29 is 4.79 Å². The minimum absolute atomic E-state index is 0.131. The van der Waals surface area contributed by atoms with Gasteiger partial charge in [0.15, 0.2) is 5.15 Å². The fraction of sp³-hybridized carbons (Fsp3) is 0.250. The van der Waals surface area contributed by atoms with Crippen LogP contribution >= 0.6 is 34.7 Å². The van der Waals surface area contributed by atoms with Crippen molar-refractivity contribution in [3.8, 4) is 0 Å². The molecule has 4 rings (SSSR count). The van der Waals surface area contributed by atoms with Crippen molar-refractivity contribution >= 4 is 56.5 Å². The van der Waals surface area contributed by atoms with E-state index in [2.05, 4.69) is 20.3 Å². The maximum Gasteiger partial charge on any atom is 0.234 e. The average Bonchev–Trinajstić information content (AvgIpc) is 3.16. The number of hydrogen-bond acceptors (Lipinski definition) is 6. The van der Waals surface area contributed by atoms with Gasteiger partial charge >= 0.3 is 0 Å². The van der Waals surface area contributed by atoms with Gasteiger partial charge < -0.3 is 5.32 Å². The largest absolute Gasteiger partial charge is 0.323 e. The first-order valence-electron chi connectivity index (χ1n) is 7.51. The number of carbonyl (C=O) groups excluding carboxylic acids is 1. The molecule has 5 nitrogen and oxygen atoms in total. The molecule has 0 atom stereocenters. The maximum absolute atomic E-state index is 12.2. The normalized spacial score (nSPS) is 13.2. The van der Waals surface area contributed by atoms with Crippen LogP contribution in [0, 0.1) is 0 Å². The number of anilines is 1. The second kappa shape index (κ2) is 6.66. The molecule has 0 unspecified atom stereocenters. The number of fused-ring (bicyclic) bond motifs is 3. The number of aryl methyl sites for hydroxylation is 2. The molecule has 1 aliphatic rings. The second-order valence-corrected chi connectivity index (χ2v) is 7.80. The van der Waals surface area contributed by atoms with Crippen molar-refractivity contribution in [2.75, 3.05) is 11.1 Å². The van der Waals surface area contributed by atoms with Gasteiger partial charge in [-0.15, -0.1) is 11.3 Å². The summed E-state index contributed by atoms with van der Waals surface area (Å²) in [5.74, 6) is 0.135. The molecule has 8 heteroatoms. The number of aromatic nitrogens is 3. The molecule has 0 radical (unpaired) electrons. The van der Waals surface area contributed by atoms with E-state index < -0.39 is 0 Å². The summed E-state index contributed by atoms with van der Waals surface area (Å²) in [7, 11) is 0. The van der Waals surface area contributed by atoms with E-state index in [1.807, 2.05) is 0 Å². The Bertz CT molecular complexity index is 928. The predicted octanol–water partition coefficient (Wildman–Crippen LogP) is 3.96. The first-order chi connectivity index (χ1) is 11.7. The lowest BCUT2D eigenvalue weighted by molar-refractivity contribution is -0.113. The number of nitrogens with one attached hydrogen (secondary N) is 1. The number of thioether (sulfide) groups is 1. The minimum Gasteiger partial charge on any atom is -0.323 e. The summed E-state index contributed by atoms with van der Waals surface area (Å²) in [5.41, 5.74) is 1.89. The highest BCUT2D eigenvalue weighted by Gasteiger charge is 2.21. The van der Waals surface area contributed by atoms with Gasteiger partial charge in [0, 0.05) is 16.5 Å². The Morgan fingerprint density at radius 2 is 2.25 bits per heavy atom. The van der Waals surface area contributed by atoms with Gasteiger partial charge in [0.2, 0.25) is 5.91 Å². The number of rotatable bonds is 4. The van der Waals surface area contributed by atoms with Crippen LogP contribution in [0.2, 0.25) is 5.15 Å². The van der Waals surface area contributed by atoms with E-state index in [9.17, 15) is 4.79 Å². The van der Waals surface area contributed by atoms with Crippen LogP contribution in [-0.4, -0.2) is 26.6 Å². The molecule has 0 spiro atoms.